The molecule has 1 saturated heterocycles. The van der Waals surface area contributed by atoms with Gasteiger partial charge in [0.1, 0.15) is 18.0 Å². The number of aromatic nitrogens is 3. The van der Waals surface area contributed by atoms with Crippen LogP contribution in [0.25, 0.3) is 11.5 Å². The lowest BCUT2D eigenvalue weighted by Crippen LogP contribution is -2.38. The summed E-state index contributed by atoms with van der Waals surface area (Å²) >= 11 is 0. The molecule has 0 unspecified atom stereocenters. The second kappa shape index (κ2) is 11.1. The number of rotatable bonds is 7. The molecular weight excluding hydrogens is 542 g/mol. The largest absolute Gasteiger partial charge is 0.473 e. The van der Waals surface area contributed by atoms with Gasteiger partial charge in [0.15, 0.2) is 17.3 Å². The number of fused-ring (bicyclic) bond motifs is 4. The number of aryl methyl sites for hydroxylation is 1. The van der Waals surface area contributed by atoms with Gasteiger partial charge in [-0.15, -0.1) is 0 Å². The standard InChI is InChI=1S/C33H43N7O3/c1-20(25-11-8-16-39(25)4)42-27-17-26(40(5)19-32(2,3)41)36-31(37-27)29-22-10-7-15-33(30(22)43-38-29)14-6-9-21-12-13-24(35)23(18-34)28(21)33/h12-13,17,20,25,41H,6-11,14-16,19,35H2,1-5H3/t20-,25-,33+/m0/s1. The molecule has 1 fully saturated rings. The Kier molecular flexibility index (Phi) is 7.59. The Bertz CT molecular complexity index is 1550. The van der Waals surface area contributed by atoms with Gasteiger partial charge in [0.2, 0.25) is 5.88 Å². The number of nitrogens with two attached hydrogens (primary N) is 1. The minimum atomic E-state index is -0.922. The average molecular weight is 586 g/mol. The van der Waals surface area contributed by atoms with Crippen molar-refractivity contribution in [3.63, 3.8) is 0 Å². The molecule has 1 aliphatic heterocycles. The summed E-state index contributed by atoms with van der Waals surface area (Å²) in [7, 11) is 4.04. The number of benzene rings is 1. The summed E-state index contributed by atoms with van der Waals surface area (Å²) in [6, 6.07) is 8.46. The molecule has 3 heterocycles. The fourth-order valence-electron chi connectivity index (χ4n) is 7.73. The normalized spacial score (nSPS) is 22.6. The topological polar surface area (TPSA) is 138 Å². The molecule has 3 aliphatic rings. The summed E-state index contributed by atoms with van der Waals surface area (Å²) in [5, 5.41) is 25.3. The minimum Gasteiger partial charge on any atom is -0.473 e. The predicted molar refractivity (Wildman–Crippen MR) is 165 cm³/mol. The van der Waals surface area contributed by atoms with Crippen LogP contribution in [0.15, 0.2) is 22.7 Å². The van der Waals surface area contributed by atoms with Gasteiger partial charge in [-0.2, -0.15) is 10.2 Å². The fraction of sp³-hybridized carbons (Fsp3) is 0.576. The highest BCUT2D eigenvalue weighted by Crippen LogP contribution is 2.53. The monoisotopic (exact) mass is 585 g/mol. The Labute approximate surface area is 253 Å². The van der Waals surface area contributed by atoms with Crippen molar-refractivity contribution in [3.05, 3.63) is 46.2 Å². The van der Waals surface area contributed by atoms with Crippen molar-refractivity contribution in [1.29, 1.82) is 5.26 Å². The molecule has 43 heavy (non-hydrogen) atoms. The van der Waals surface area contributed by atoms with Gasteiger partial charge in [-0.05, 0) is 103 Å². The van der Waals surface area contributed by atoms with Gasteiger partial charge >= 0.3 is 0 Å². The summed E-state index contributed by atoms with van der Waals surface area (Å²) in [5.74, 6) is 2.35. The molecule has 0 radical (unpaired) electrons. The minimum absolute atomic E-state index is 0.0641. The van der Waals surface area contributed by atoms with Crippen molar-refractivity contribution >= 4 is 11.5 Å². The van der Waals surface area contributed by atoms with E-state index in [-0.39, 0.29) is 6.10 Å². The second-order valence-electron chi connectivity index (χ2n) is 13.4. The molecule has 6 rings (SSSR count). The lowest BCUT2D eigenvalue weighted by molar-refractivity contribution is 0.0883. The highest BCUT2D eigenvalue weighted by molar-refractivity contribution is 5.67. The van der Waals surface area contributed by atoms with Crippen LogP contribution < -0.4 is 15.4 Å². The second-order valence-corrected chi connectivity index (χ2v) is 13.4. The molecule has 228 valence electrons. The molecule has 10 nitrogen and oxygen atoms in total. The third-order valence-electron chi connectivity index (χ3n) is 9.56. The van der Waals surface area contributed by atoms with E-state index >= 15 is 0 Å². The SMILES string of the molecule is C[C@H](Oc1cc(N(C)CC(C)(C)O)nc(-c2noc3c2CCC[C@@]32CCCc3ccc(N)c(C#N)c32)n1)[C@@H]1CCCN1C. The zero-order valence-corrected chi connectivity index (χ0v) is 26.0. The first-order valence-corrected chi connectivity index (χ1v) is 15.5. The summed E-state index contributed by atoms with van der Waals surface area (Å²) in [5.41, 5.74) is 9.77. The summed E-state index contributed by atoms with van der Waals surface area (Å²) in [6.07, 6.45) is 7.52. The maximum atomic E-state index is 10.6. The number of nitrogen functional groups attached to an aromatic ring is 1. The van der Waals surface area contributed by atoms with E-state index in [4.69, 9.17) is 25.0 Å². The van der Waals surface area contributed by atoms with Crippen LogP contribution in [-0.2, 0) is 18.3 Å². The van der Waals surface area contributed by atoms with Crippen LogP contribution in [0.1, 0.15) is 87.3 Å². The quantitative estimate of drug-likeness (QED) is 0.378. The van der Waals surface area contributed by atoms with Gasteiger partial charge in [-0.25, -0.2) is 4.98 Å². The number of likely N-dealkylation sites (tertiary alicyclic amines) is 1. The zero-order valence-electron chi connectivity index (χ0n) is 26.0. The third kappa shape index (κ3) is 5.34. The summed E-state index contributed by atoms with van der Waals surface area (Å²) in [4.78, 5) is 14.1. The number of aliphatic hydroxyl groups is 1. The first kappa shape index (κ1) is 29.4. The highest BCUT2D eigenvalue weighted by atomic mass is 16.5. The number of hydrogen-bond acceptors (Lipinski definition) is 10. The third-order valence-corrected chi connectivity index (χ3v) is 9.56. The van der Waals surface area contributed by atoms with Gasteiger partial charge in [0.05, 0.1) is 16.6 Å². The lowest BCUT2D eigenvalue weighted by Gasteiger charge is -2.41. The van der Waals surface area contributed by atoms with E-state index in [1.54, 1.807) is 13.8 Å². The number of nitriles is 1. The van der Waals surface area contributed by atoms with E-state index in [9.17, 15) is 10.4 Å². The van der Waals surface area contributed by atoms with E-state index in [1.807, 2.05) is 24.1 Å². The van der Waals surface area contributed by atoms with E-state index < -0.39 is 11.0 Å². The van der Waals surface area contributed by atoms with Crippen molar-refractivity contribution < 1.29 is 14.4 Å². The molecule has 10 heteroatoms. The van der Waals surface area contributed by atoms with Crippen LogP contribution >= 0.6 is 0 Å². The molecule has 3 atom stereocenters. The summed E-state index contributed by atoms with van der Waals surface area (Å²) in [6.45, 7) is 7.08. The van der Waals surface area contributed by atoms with E-state index in [0.717, 1.165) is 80.4 Å². The molecule has 0 saturated carbocycles. The van der Waals surface area contributed by atoms with Crippen LogP contribution in [0.2, 0.25) is 0 Å². The van der Waals surface area contributed by atoms with Gasteiger partial charge in [0.25, 0.3) is 0 Å². The molecule has 3 aromatic rings. The van der Waals surface area contributed by atoms with Gasteiger partial charge < -0.3 is 25.0 Å². The van der Waals surface area contributed by atoms with E-state index in [0.29, 0.717) is 47.1 Å². The molecule has 2 aromatic heterocycles. The maximum Gasteiger partial charge on any atom is 0.219 e. The van der Waals surface area contributed by atoms with Gasteiger partial charge in [0, 0.05) is 37.0 Å². The van der Waals surface area contributed by atoms with Crippen LogP contribution in [0, 0.1) is 11.3 Å². The molecule has 0 bridgehead atoms. The van der Waals surface area contributed by atoms with Crippen molar-refractivity contribution in [3.8, 4) is 23.5 Å². The van der Waals surface area contributed by atoms with Crippen LogP contribution in [0.5, 0.6) is 5.88 Å². The van der Waals surface area contributed by atoms with Crippen LogP contribution in [0.3, 0.4) is 0 Å². The Morgan fingerprint density at radius 1 is 1.26 bits per heavy atom. The average Bonchev–Trinajstić information content (AvgIpc) is 3.59. The lowest BCUT2D eigenvalue weighted by atomic mass is 9.61. The number of ether oxygens (including phenoxy) is 1. The molecule has 0 amide bonds. The smallest absolute Gasteiger partial charge is 0.219 e. The number of likely N-dealkylation sites (N-methyl/N-ethyl adjacent to an activating group) is 2. The molecular formula is C33H43N7O3. The van der Waals surface area contributed by atoms with Crippen LogP contribution in [-0.4, -0.2) is 70.1 Å². The number of anilines is 2. The summed E-state index contributed by atoms with van der Waals surface area (Å²) < 4.78 is 12.7. The van der Waals surface area contributed by atoms with Crippen molar-refractivity contribution in [2.75, 3.05) is 37.8 Å². The maximum absolute atomic E-state index is 10.6. The fourth-order valence-corrected chi connectivity index (χ4v) is 7.73. The van der Waals surface area contributed by atoms with Crippen molar-refractivity contribution in [1.82, 2.24) is 20.0 Å². The Morgan fingerprint density at radius 3 is 2.72 bits per heavy atom. The first-order chi connectivity index (χ1) is 20.5. The molecule has 2 aliphatic carbocycles. The predicted octanol–water partition coefficient (Wildman–Crippen LogP) is 4.61. The Balaban J connectivity index is 1.44. The van der Waals surface area contributed by atoms with Crippen molar-refractivity contribution in [2.45, 2.75) is 95.3 Å². The molecule has 1 aromatic carbocycles. The number of hydrogen-bond donors (Lipinski definition) is 2. The number of nitrogens with zero attached hydrogens (tertiary/aromatic N) is 6. The Morgan fingerprint density at radius 2 is 2.02 bits per heavy atom. The zero-order chi connectivity index (χ0) is 30.5. The first-order valence-electron chi connectivity index (χ1n) is 15.5. The van der Waals surface area contributed by atoms with E-state index in [2.05, 4.69) is 36.2 Å². The molecule has 3 N–H and O–H groups in total. The van der Waals surface area contributed by atoms with E-state index in [1.165, 1.54) is 0 Å². The van der Waals surface area contributed by atoms with Gasteiger partial charge in [-0.1, -0.05) is 11.2 Å². The van der Waals surface area contributed by atoms with Crippen LogP contribution in [0.4, 0.5) is 11.5 Å². The van der Waals surface area contributed by atoms with Crippen molar-refractivity contribution in [2.24, 2.45) is 0 Å². The molecule has 1 spiro atoms. The Hall–Kier alpha value is -3.68. The highest BCUT2D eigenvalue weighted by Gasteiger charge is 2.48. The van der Waals surface area contributed by atoms with Gasteiger partial charge in [-0.3, -0.25) is 4.90 Å².